The van der Waals surface area contributed by atoms with Crippen molar-refractivity contribution in [1.82, 2.24) is 0 Å². The Kier molecular flexibility index (Phi) is 5.71. The van der Waals surface area contributed by atoms with Gasteiger partial charge in [0, 0.05) is 16.1 Å². The van der Waals surface area contributed by atoms with Crippen LogP contribution in [-0.2, 0) is 4.79 Å². The molecule has 4 nitrogen and oxygen atoms in total. The maximum absolute atomic E-state index is 12.9. The van der Waals surface area contributed by atoms with Crippen molar-refractivity contribution in [2.75, 3.05) is 5.32 Å². The van der Waals surface area contributed by atoms with Gasteiger partial charge in [0.2, 0.25) is 11.8 Å². The van der Waals surface area contributed by atoms with Crippen molar-refractivity contribution < 1.29 is 9.59 Å². The van der Waals surface area contributed by atoms with Gasteiger partial charge in [-0.2, -0.15) is 0 Å². The lowest BCUT2D eigenvalue weighted by Gasteiger charge is -2.17. The molecule has 5 heteroatoms. The normalized spacial score (nSPS) is 11.5. The Hall–Kier alpha value is -3.05. The summed E-state index contributed by atoms with van der Waals surface area (Å²) in [5, 5.41) is 2.52. The molecule has 2 amide bonds. The van der Waals surface area contributed by atoms with Gasteiger partial charge in [0.05, 0.1) is 0 Å². The largest absolute Gasteiger partial charge is 0.366 e. The van der Waals surface area contributed by atoms with Crippen LogP contribution < -0.4 is 11.1 Å². The smallest absolute Gasteiger partial charge is 0.248 e. The van der Waals surface area contributed by atoms with Crippen LogP contribution >= 0.6 is 11.8 Å². The molecule has 0 aliphatic carbocycles. The number of rotatable bonds is 6. The fourth-order valence-electron chi connectivity index (χ4n) is 2.46. The van der Waals surface area contributed by atoms with E-state index in [0.717, 1.165) is 10.5 Å². The predicted octanol–water partition coefficient (Wildman–Crippen LogP) is 4.26. The Morgan fingerprint density at radius 2 is 1.38 bits per heavy atom. The van der Waals surface area contributed by atoms with Gasteiger partial charge < -0.3 is 11.1 Å². The van der Waals surface area contributed by atoms with E-state index in [4.69, 9.17) is 5.73 Å². The molecule has 0 saturated carbocycles. The lowest BCUT2D eigenvalue weighted by molar-refractivity contribution is -0.115. The maximum Gasteiger partial charge on any atom is 0.248 e. The third-order valence-electron chi connectivity index (χ3n) is 3.77. The van der Waals surface area contributed by atoms with Gasteiger partial charge in [-0.15, -0.1) is 11.8 Å². The first kappa shape index (κ1) is 17.8. The molecular formula is C21H18N2O2S. The van der Waals surface area contributed by atoms with E-state index in [0.29, 0.717) is 11.3 Å². The molecule has 3 aromatic carbocycles. The molecule has 0 radical (unpaired) electrons. The van der Waals surface area contributed by atoms with E-state index in [9.17, 15) is 9.59 Å². The first-order chi connectivity index (χ1) is 12.6. The third kappa shape index (κ3) is 4.52. The standard InChI is InChI=1S/C21H18N2O2S/c22-20(24)16-11-13-17(14-12-16)23-21(25)19(15-7-3-1-4-8-15)26-18-9-5-2-6-10-18/h1-14,19H,(H2,22,24)(H,23,25). The average molecular weight is 362 g/mol. The highest BCUT2D eigenvalue weighted by atomic mass is 32.2. The van der Waals surface area contributed by atoms with Gasteiger partial charge in [0.15, 0.2) is 0 Å². The van der Waals surface area contributed by atoms with Crippen molar-refractivity contribution in [2.24, 2.45) is 5.73 Å². The topological polar surface area (TPSA) is 72.2 Å². The van der Waals surface area contributed by atoms with Gasteiger partial charge >= 0.3 is 0 Å². The van der Waals surface area contributed by atoms with Crippen molar-refractivity contribution >= 4 is 29.3 Å². The zero-order valence-corrected chi connectivity index (χ0v) is 14.8. The first-order valence-electron chi connectivity index (χ1n) is 8.11. The van der Waals surface area contributed by atoms with Crippen molar-refractivity contribution in [3.63, 3.8) is 0 Å². The number of hydrogen-bond donors (Lipinski definition) is 2. The molecule has 3 N–H and O–H groups in total. The molecule has 3 rings (SSSR count). The summed E-state index contributed by atoms with van der Waals surface area (Å²) in [6, 6.07) is 26.0. The number of thioether (sulfide) groups is 1. The number of benzene rings is 3. The van der Waals surface area contributed by atoms with Crippen LogP contribution in [0.2, 0.25) is 0 Å². The Labute approximate surface area is 156 Å². The van der Waals surface area contributed by atoms with Crippen molar-refractivity contribution in [1.29, 1.82) is 0 Å². The number of carbonyl (C=O) groups excluding carboxylic acids is 2. The summed E-state index contributed by atoms with van der Waals surface area (Å²) in [4.78, 5) is 25.1. The van der Waals surface area contributed by atoms with Crippen LogP contribution in [0.1, 0.15) is 21.2 Å². The highest BCUT2D eigenvalue weighted by molar-refractivity contribution is 8.00. The molecule has 0 bridgehead atoms. The van der Waals surface area contributed by atoms with Gasteiger partial charge in [0.1, 0.15) is 5.25 Å². The van der Waals surface area contributed by atoms with Crippen LogP contribution in [0, 0.1) is 0 Å². The second-order valence-electron chi connectivity index (χ2n) is 5.65. The fourth-order valence-corrected chi connectivity index (χ4v) is 3.51. The van der Waals surface area contributed by atoms with Gasteiger partial charge in [-0.3, -0.25) is 9.59 Å². The summed E-state index contributed by atoms with van der Waals surface area (Å²) in [5.74, 6) is -0.624. The molecule has 0 saturated heterocycles. The monoisotopic (exact) mass is 362 g/mol. The van der Waals surface area contributed by atoms with E-state index in [-0.39, 0.29) is 5.91 Å². The SMILES string of the molecule is NC(=O)c1ccc(NC(=O)C(Sc2ccccc2)c2ccccc2)cc1. The molecule has 3 aromatic rings. The second kappa shape index (κ2) is 8.36. The minimum Gasteiger partial charge on any atom is -0.366 e. The second-order valence-corrected chi connectivity index (χ2v) is 6.83. The van der Waals surface area contributed by atoms with Gasteiger partial charge in [-0.1, -0.05) is 48.5 Å². The molecular weight excluding hydrogens is 344 g/mol. The molecule has 0 aromatic heterocycles. The highest BCUT2D eigenvalue weighted by Gasteiger charge is 2.22. The first-order valence-corrected chi connectivity index (χ1v) is 8.99. The van der Waals surface area contributed by atoms with Crippen LogP contribution in [0.3, 0.4) is 0 Å². The van der Waals surface area contributed by atoms with Crippen LogP contribution in [0.25, 0.3) is 0 Å². The molecule has 0 aliphatic heterocycles. The number of anilines is 1. The number of carbonyl (C=O) groups is 2. The van der Waals surface area contributed by atoms with Crippen molar-refractivity contribution in [3.05, 3.63) is 96.1 Å². The summed E-state index contributed by atoms with van der Waals surface area (Å²) in [5.41, 5.74) is 7.19. The van der Waals surface area contributed by atoms with E-state index < -0.39 is 11.2 Å². The molecule has 130 valence electrons. The van der Waals surface area contributed by atoms with Crippen LogP contribution in [-0.4, -0.2) is 11.8 Å². The maximum atomic E-state index is 12.9. The summed E-state index contributed by atoms with van der Waals surface area (Å²) >= 11 is 1.49. The Balaban J connectivity index is 1.81. The Morgan fingerprint density at radius 1 is 0.808 bits per heavy atom. The lowest BCUT2D eigenvalue weighted by atomic mass is 10.1. The summed E-state index contributed by atoms with van der Waals surface area (Å²) in [7, 11) is 0. The Bertz CT molecular complexity index is 881. The zero-order valence-electron chi connectivity index (χ0n) is 14.0. The molecule has 0 aliphatic rings. The lowest BCUT2D eigenvalue weighted by Crippen LogP contribution is -2.19. The summed E-state index contributed by atoms with van der Waals surface area (Å²) in [6.45, 7) is 0. The minimum absolute atomic E-state index is 0.128. The van der Waals surface area contributed by atoms with Crippen LogP contribution in [0.4, 0.5) is 5.69 Å². The van der Waals surface area contributed by atoms with Gasteiger partial charge in [-0.25, -0.2) is 0 Å². The summed E-state index contributed by atoms with van der Waals surface area (Å²) in [6.07, 6.45) is 0. The van der Waals surface area contributed by atoms with E-state index in [1.807, 2.05) is 60.7 Å². The highest BCUT2D eigenvalue weighted by Crippen LogP contribution is 2.36. The molecule has 26 heavy (non-hydrogen) atoms. The minimum atomic E-state index is -0.496. The third-order valence-corrected chi connectivity index (χ3v) is 5.04. The molecule has 1 unspecified atom stereocenters. The number of primary amides is 1. The average Bonchev–Trinajstić information content (AvgIpc) is 2.68. The van der Waals surface area contributed by atoms with Gasteiger partial charge in [0.25, 0.3) is 0 Å². The fraction of sp³-hybridized carbons (Fsp3) is 0.0476. The van der Waals surface area contributed by atoms with Crippen molar-refractivity contribution in [2.45, 2.75) is 10.1 Å². The molecule has 1 atom stereocenters. The molecule has 0 spiro atoms. The van der Waals surface area contributed by atoms with Crippen LogP contribution in [0.15, 0.2) is 89.8 Å². The number of nitrogens with two attached hydrogens (primary N) is 1. The Morgan fingerprint density at radius 3 is 1.96 bits per heavy atom. The van der Waals surface area contributed by atoms with Crippen molar-refractivity contribution in [3.8, 4) is 0 Å². The predicted molar refractivity (Wildman–Crippen MR) is 105 cm³/mol. The number of amides is 2. The van der Waals surface area contributed by atoms with E-state index >= 15 is 0 Å². The van der Waals surface area contributed by atoms with Crippen LogP contribution in [0.5, 0.6) is 0 Å². The zero-order chi connectivity index (χ0) is 18.4. The molecule has 0 fully saturated rings. The molecule has 0 heterocycles. The van der Waals surface area contributed by atoms with E-state index in [2.05, 4.69) is 5.32 Å². The van der Waals surface area contributed by atoms with E-state index in [1.54, 1.807) is 24.3 Å². The summed E-state index contributed by atoms with van der Waals surface area (Å²) < 4.78 is 0. The quantitative estimate of drug-likeness (QED) is 0.644. The number of hydrogen-bond acceptors (Lipinski definition) is 3. The van der Waals surface area contributed by atoms with Gasteiger partial charge in [-0.05, 0) is 42.0 Å². The number of nitrogens with one attached hydrogen (secondary N) is 1. The van der Waals surface area contributed by atoms with E-state index in [1.165, 1.54) is 11.8 Å².